The van der Waals surface area contributed by atoms with Crippen molar-refractivity contribution in [2.45, 2.75) is 492 Å². The molecule has 7 heterocycles. The summed E-state index contributed by atoms with van der Waals surface area (Å²) in [4.78, 5) is 54.3. The third kappa shape index (κ3) is 34.8. The number of rotatable bonds is 63. The third-order valence-electron chi connectivity index (χ3n) is 26.3. The van der Waals surface area contributed by atoms with Crippen molar-refractivity contribution in [1.29, 1.82) is 0 Å². The standard InChI is InChI=1S/C91H163N3O40/c1-6-8-10-12-14-16-18-20-21-22-23-24-25-26-27-29-31-33-35-37-39-41-62(106)94-53(54(103)40-38-36-34-32-30-28-19-17-15-13-11-9-7-2)49-121-85-75(117)72(114)77(60(47-99)126-85)128-88-76(118)82(134-91(90(119)120)42-55(104)63(92-51(4)101)80(133-91)66(108)56(105)43-95)78(61(48-100)127-88)129-84-64(93-52(5)102)79(68(110)58(45-97)123-84)130-89-83(132-86-73(115)70(112)65(107)50(3)122-86)81(69(111)59(46-98)125-89)131-87-74(116)71(113)67(109)57(44-96)124-87/h38,40,50,53-61,63-89,95-100,103-105,107-118H,6-37,39,41-49H2,1-5H3,(H,92,101)(H,93,102)(H,94,106)(H,119,120)/b40-38+/t50?,53-,54+,55?,56+,57?,58?,59?,60?,61?,63+,64?,65+,66+,67-,68-,69-,70?,71-,72+,73-,74?,75?,76?,77+,78-,79+,80?,81-,82+,83?,84-,85+,86+,87+,88-,89-,91-/m0/s1. The fraction of sp³-hybridized carbons (Fsp3) is 0.934. The Morgan fingerprint density at radius 1 is 0.403 bits per heavy atom. The second kappa shape index (κ2) is 61.3. The summed E-state index contributed by atoms with van der Waals surface area (Å²) >= 11 is 0. The van der Waals surface area contributed by atoms with Crippen LogP contribution in [0.5, 0.6) is 0 Å². The maximum Gasteiger partial charge on any atom is 0.364 e. The number of carboxylic acids is 1. The number of unbranched alkanes of at least 4 members (excludes halogenated alkanes) is 31. The van der Waals surface area contributed by atoms with Crippen molar-refractivity contribution in [3.63, 3.8) is 0 Å². The smallest absolute Gasteiger partial charge is 0.364 e. The molecule has 14 unspecified atom stereocenters. The lowest BCUT2D eigenvalue weighted by Gasteiger charge is -2.53. The number of aliphatic hydroxyl groups excluding tert-OH is 21. The van der Waals surface area contributed by atoms with Crippen LogP contribution in [-0.4, -0.2) is 415 Å². The largest absolute Gasteiger partial charge is 0.477 e. The summed E-state index contributed by atoms with van der Waals surface area (Å²) in [5.41, 5.74) is 0. The molecule has 38 atom stereocenters. The summed E-state index contributed by atoms with van der Waals surface area (Å²) in [6.45, 7) is -0.201. The fourth-order valence-corrected chi connectivity index (χ4v) is 18.3. The predicted octanol–water partition coefficient (Wildman–Crippen LogP) is -2.03. The van der Waals surface area contributed by atoms with Gasteiger partial charge in [0.1, 0.15) is 159 Å². The molecular weight excluding hydrogens is 1770 g/mol. The predicted molar refractivity (Wildman–Crippen MR) is 470 cm³/mol. The number of hydrogen-bond donors (Lipinski definition) is 25. The topological polar surface area (TPSA) is 679 Å². The lowest BCUT2D eigenvalue weighted by molar-refractivity contribution is -0.410. The van der Waals surface area contributed by atoms with Gasteiger partial charge in [-0.2, -0.15) is 0 Å². The van der Waals surface area contributed by atoms with Crippen LogP contribution in [-0.2, 0) is 85.5 Å². The maximum absolute atomic E-state index is 14.1. The van der Waals surface area contributed by atoms with E-state index >= 15 is 0 Å². The van der Waals surface area contributed by atoms with Gasteiger partial charge < -0.3 is 195 Å². The van der Waals surface area contributed by atoms with E-state index in [-0.39, 0.29) is 6.42 Å². The Bertz CT molecular complexity index is 3260. The number of carbonyl (C=O) groups is 4. The number of carboxylic acid groups (broad SMARTS) is 1. The summed E-state index contributed by atoms with van der Waals surface area (Å²) in [6.07, 6.45) is -32.6. The Balaban J connectivity index is 1.14. The molecule has 7 aliphatic rings. The van der Waals surface area contributed by atoms with E-state index in [4.69, 9.17) is 66.3 Å². The highest BCUT2D eigenvalue weighted by Gasteiger charge is 2.64. The van der Waals surface area contributed by atoms with Gasteiger partial charge in [-0.05, 0) is 26.2 Å². The minimum absolute atomic E-state index is 0.0990. The number of nitrogens with one attached hydrogen (secondary N) is 3. The van der Waals surface area contributed by atoms with Crippen molar-refractivity contribution in [1.82, 2.24) is 16.0 Å². The van der Waals surface area contributed by atoms with Crippen LogP contribution >= 0.6 is 0 Å². The van der Waals surface area contributed by atoms with Crippen LogP contribution in [0.25, 0.3) is 0 Å². The van der Waals surface area contributed by atoms with E-state index in [9.17, 15) is 132 Å². The monoisotopic (exact) mass is 1940 g/mol. The number of hydrogen-bond acceptors (Lipinski definition) is 39. The van der Waals surface area contributed by atoms with Crippen molar-refractivity contribution < 1.29 is 198 Å². The molecule has 0 spiro atoms. The van der Waals surface area contributed by atoms with Crippen molar-refractivity contribution in [2.24, 2.45) is 0 Å². The van der Waals surface area contributed by atoms with E-state index in [1.165, 1.54) is 148 Å². The maximum atomic E-state index is 14.1. The minimum atomic E-state index is -3.50. The summed E-state index contributed by atoms with van der Waals surface area (Å²) in [5.74, 6) is -8.11. The first-order valence-corrected chi connectivity index (χ1v) is 49.0. The quantitative estimate of drug-likeness (QED) is 0.0231. The van der Waals surface area contributed by atoms with E-state index in [0.29, 0.717) is 12.8 Å². The number of aliphatic carboxylic acids is 1. The average Bonchev–Trinajstić information content (AvgIpc) is 0.744. The summed E-state index contributed by atoms with van der Waals surface area (Å²) in [5, 5.41) is 257. The van der Waals surface area contributed by atoms with E-state index in [1.807, 2.05) is 0 Å². The van der Waals surface area contributed by atoms with Gasteiger partial charge in [0.2, 0.25) is 17.7 Å². The van der Waals surface area contributed by atoms with Gasteiger partial charge in [-0.3, -0.25) is 14.4 Å². The second-order valence-corrected chi connectivity index (χ2v) is 37.0. The van der Waals surface area contributed by atoms with Crippen molar-refractivity contribution in [3.8, 4) is 0 Å². The summed E-state index contributed by atoms with van der Waals surface area (Å²) in [6, 6.07) is -5.18. The van der Waals surface area contributed by atoms with Crippen molar-refractivity contribution >= 4 is 23.7 Å². The van der Waals surface area contributed by atoms with Crippen LogP contribution in [0.3, 0.4) is 0 Å². The van der Waals surface area contributed by atoms with Crippen LogP contribution in [0.15, 0.2) is 12.2 Å². The molecule has 7 saturated heterocycles. The zero-order chi connectivity index (χ0) is 98.3. The highest BCUT2D eigenvalue weighted by molar-refractivity contribution is 5.77. The molecule has 43 nitrogen and oxygen atoms in total. The summed E-state index contributed by atoms with van der Waals surface area (Å²) < 4.78 is 85.5. The van der Waals surface area contributed by atoms with Crippen molar-refractivity contribution in [2.75, 3.05) is 46.2 Å². The molecule has 0 aromatic heterocycles. The molecule has 0 radical (unpaired) electrons. The van der Waals surface area contributed by atoms with Crippen molar-refractivity contribution in [3.05, 3.63) is 12.2 Å². The molecule has 0 aromatic carbocycles. The van der Waals surface area contributed by atoms with Gasteiger partial charge in [0, 0.05) is 26.7 Å². The van der Waals surface area contributed by atoms with E-state index < -0.39 is 309 Å². The number of allylic oxidation sites excluding steroid dienone is 1. The van der Waals surface area contributed by atoms with E-state index in [2.05, 4.69) is 29.8 Å². The lowest BCUT2D eigenvalue weighted by Crippen LogP contribution is -2.72. The molecule has 0 aromatic rings. The first kappa shape index (κ1) is 117. The van der Waals surface area contributed by atoms with Gasteiger partial charge >= 0.3 is 5.97 Å². The summed E-state index contributed by atoms with van der Waals surface area (Å²) in [7, 11) is 0. The highest BCUT2D eigenvalue weighted by atomic mass is 16.8. The first-order chi connectivity index (χ1) is 64.2. The molecule has 7 rings (SSSR count). The molecule has 7 fully saturated rings. The first-order valence-electron chi connectivity index (χ1n) is 49.0. The van der Waals surface area contributed by atoms with Crippen LogP contribution in [0.2, 0.25) is 0 Å². The molecule has 0 saturated carbocycles. The zero-order valence-corrected chi connectivity index (χ0v) is 78.4. The Hall–Kier alpha value is -3.78. The molecule has 134 heavy (non-hydrogen) atoms. The second-order valence-electron chi connectivity index (χ2n) is 37.0. The van der Waals surface area contributed by atoms with Gasteiger partial charge in [0.05, 0.1) is 76.6 Å². The van der Waals surface area contributed by atoms with Gasteiger partial charge in [0.25, 0.3) is 5.79 Å². The third-order valence-corrected chi connectivity index (χ3v) is 26.3. The number of amides is 3. The molecule has 43 heteroatoms. The molecule has 782 valence electrons. The lowest BCUT2D eigenvalue weighted by atomic mass is 9.88. The fourth-order valence-electron chi connectivity index (χ4n) is 18.3. The molecule has 7 aliphatic heterocycles. The van der Waals surface area contributed by atoms with Crippen LogP contribution < -0.4 is 16.0 Å². The molecule has 0 bridgehead atoms. The SMILES string of the molecule is CCCCCCCCCCCCC/C=C/[C@@H](O)[C@H](CO[C@@H]1OC(CO)[C@@H](O[C@@H]2OC(CO)[C@H](O[C@@H]3OC(CO)[C@H](O)[C@H](O[C@@H]4OC(CO)[C@H](O)[C@H](O[C@H]5OC(CO)[C@H](O)[C@H](O)C5O)C4O[C@H]4OC(C)[C@@H](O)C(O)[C@@H]4O)C3NC(C)=O)[C@H](O[C@]3(C(=O)O)CC(O)[C@@H](NC(C)=O)C([C@H](O)[C@H](O)CO)O3)C2O)[C@H](O)C1O)NC(=O)CCCCCCCCCCCCCCCCCCCCCCC. The highest BCUT2D eigenvalue weighted by Crippen LogP contribution is 2.43. The number of carbonyl (C=O) groups excluding carboxylic acids is 3. The van der Waals surface area contributed by atoms with E-state index in [1.54, 1.807) is 6.08 Å². The number of ether oxygens (including phenoxy) is 14. The molecular formula is C91H163N3O40. The van der Waals surface area contributed by atoms with Gasteiger partial charge in [-0.1, -0.05) is 219 Å². The van der Waals surface area contributed by atoms with Crippen LogP contribution in [0.4, 0.5) is 0 Å². The molecule has 0 aliphatic carbocycles. The Morgan fingerprint density at radius 2 is 0.799 bits per heavy atom. The normalized spacial score (nSPS) is 37.0. The molecule has 25 N–H and O–H groups in total. The Labute approximate surface area is 784 Å². The molecule has 3 amide bonds. The minimum Gasteiger partial charge on any atom is -0.477 e. The average molecular weight is 1940 g/mol. The van der Waals surface area contributed by atoms with Gasteiger partial charge in [-0.15, -0.1) is 0 Å². The van der Waals surface area contributed by atoms with Crippen LogP contribution in [0.1, 0.15) is 259 Å². The van der Waals surface area contributed by atoms with Crippen LogP contribution in [0, 0.1) is 0 Å². The van der Waals surface area contributed by atoms with Gasteiger partial charge in [0.15, 0.2) is 37.7 Å². The Kier molecular flexibility index (Phi) is 53.6. The Morgan fingerprint density at radius 3 is 1.30 bits per heavy atom. The zero-order valence-electron chi connectivity index (χ0n) is 78.4. The van der Waals surface area contributed by atoms with E-state index in [0.717, 1.165) is 78.1 Å². The van der Waals surface area contributed by atoms with Gasteiger partial charge in [-0.25, -0.2) is 4.79 Å². The number of aliphatic hydroxyl groups is 21.